The fourth-order valence-electron chi connectivity index (χ4n) is 4.62. The molecule has 0 aromatic carbocycles. The summed E-state index contributed by atoms with van der Waals surface area (Å²) in [6.07, 6.45) is 0. The van der Waals surface area contributed by atoms with Crippen LogP contribution in [-0.4, -0.2) is 97.4 Å². The standard InChI is InChI=1S/C24H36N12O3/c1-13(2)16-19(31(7)28-25-16)22(37)34-10-35(23(38)20-17(14(3)4)26-29-32(20)8)12-36(11-34)24(39)21-18(15(5)6)27-30-33(21)9/h13-15H,10-12H2,1-9H3. The summed E-state index contributed by atoms with van der Waals surface area (Å²) < 4.78 is 4.28. The van der Waals surface area contributed by atoms with Crippen molar-refractivity contribution in [2.24, 2.45) is 21.1 Å². The van der Waals surface area contributed by atoms with Crippen LogP contribution in [-0.2, 0) is 21.1 Å². The summed E-state index contributed by atoms with van der Waals surface area (Å²) in [5, 5.41) is 24.7. The van der Waals surface area contributed by atoms with Crippen molar-refractivity contribution in [2.45, 2.75) is 59.3 Å². The van der Waals surface area contributed by atoms with Crippen LogP contribution in [0.5, 0.6) is 0 Å². The zero-order valence-corrected chi connectivity index (χ0v) is 23.9. The van der Waals surface area contributed by atoms with Crippen molar-refractivity contribution in [2.75, 3.05) is 20.0 Å². The molecule has 0 saturated carbocycles. The molecule has 0 bridgehead atoms. The van der Waals surface area contributed by atoms with E-state index in [9.17, 15) is 14.4 Å². The number of hydrogen-bond acceptors (Lipinski definition) is 9. The molecular weight excluding hydrogens is 504 g/mol. The highest BCUT2D eigenvalue weighted by Crippen LogP contribution is 2.24. The van der Waals surface area contributed by atoms with Crippen LogP contribution in [0.15, 0.2) is 0 Å². The Morgan fingerprint density at radius 2 is 0.744 bits per heavy atom. The fourth-order valence-corrected chi connectivity index (χ4v) is 4.62. The molecule has 1 saturated heterocycles. The lowest BCUT2D eigenvalue weighted by molar-refractivity contribution is -0.00748. The molecule has 39 heavy (non-hydrogen) atoms. The second-order valence-corrected chi connectivity index (χ2v) is 10.8. The molecule has 15 nitrogen and oxygen atoms in total. The molecule has 1 aliphatic rings. The van der Waals surface area contributed by atoms with E-state index in [1.807, 2.05) is 41.5 Å². The number of rotatable bonds is 6. The second kappa shape index (κ2) is 10.5. The SMILES string of the molecule is CC(C)c1nnn(C)c1C(=O)N1CN(C(=O)c2c(C(C)C)nnn2C)CN(C(=O)c2c(C(C)C)nnn2C)C1. The minimum absolute atomic E-state index is 0.0481. The first kappa shape index (κ1) is 27.9. The highest BCUT2D eigenvalue weighted by atomic mass is 16.2. The molecule has 3 amide bonds. The van der Waals surface area contributed by atoms with Crippen molar-refractivity contribution in [3.05, 3.63) is 34.2 Å². The van der Waals surface area contributed by atoms with E-state index >= 15 is 0 Å². The van der Waals surface area contributed by atoms with Crippen LogP contribution < -0.4 is 0 Å². The van der Waals surface area contributed by atoms with E-state index in [-0.39, 0.29) is 55.5 Å². The Kier molecular flexibility index (Phi) is 7.52. The molecule has 1 fully saturated rings. The number of carbonyl (C=O) groups is 3. The molecule has 0 spiro atoms. The Bertz CT molecular complexity index is 1230. The molecule has 210 valence electrons. The van der Waals surface area contributed by atoms with Crippen LogP contribution in [0.25, 0.3) is 0 Å². The van der Waals surface area contributed by atoms with E-state index in [0.717, 1.165) is 0 Å². The van der Waals surface area contributed by atoms with Crippen LogP contribution in [0.3, 0.4) is 0 Å². The third-order valence-corrected chi connectivity index (χ3v) is 6.69. The summed E-state index contributed by atoms with van der Waals surface area (Å²) in [6.45, 7) is 11.4. The van der Waals surface area contributed by atoms with E-state index in [1.54, 1.807) is 21.1 Å². The van der Waals surface area contributed by atoms with E-state index in [1.165, 1.54) is 28.7 Å². The van der Waals surface area contributed by atoms with Crippen molar-refractivity contribution >= 4 is 17.7 Å². The van der Waals surface area contributed by atoms with Crippen LogP contribution >= 0.6 is 0 Å². The predicted octanol–water partition coefficient (Wildman–Crippen LogP) is 1.06. The molecule has 0 aliphatic carbocycles. The van der Waals surface area contributed by atoms with Gasteiger partial charge in [0.05, 0.1) is 37.1 Å². The van der Waals surface area contributed by atoms with Crippen LogP contribution in [0.4, 0.5) is 0 Å². The molecule has 0 unspecified atom stereocenters. The van der Waals surface area contributed by atoms with Gasteiger partial charge in [-0.15, -0.1) is 15.3 Å². The highest BCUT2D eigenvalue weighted by Gasteiger charge is 2.38. The number of aromatic nitrogens is 9. The lowest BCUT2D eigenvalue weighted by Gasteiger charge is -2.42. The number of hydrogen-bond donors (Lipinski definition) is 0. The van der Waals surface area contributed by atoms with Gasteiger partial charge in [-0.1, -0.05) is 57.2 Å². The first-order chi connectivity index (χ1) is 18.3. The van der Waals surface area contributed by atoms with Gasteiger partial charge in [0.2, 0.25) is 0 Å². The van der Waals surface area contributed by atoms with Crippen LogP contribution in [0.2, 0.25) is 0 Å². The summed E-state index contributed by atoms with van der Waals surface area (Å²) in [5.74, 6) is -1.33. The number of aryl methyl sites for hydroxylation is 3. The Morgan fingerprint density at radius 3 is 0.949 bits per heavy atom. The van der Waals surface area contributed by atoms with Gasteiger partial charge in [0, 0.05) is 21.1 Å². The summed E-state index contributed by atoms with van der Waals surface area (Å²) in [7, 11) is 4.94. The lowest BCUT2D eigenvalue weighted by atomic mass is 10.1. The van der Waals surface area contributed by atoms with Crippen LogP contribution in [0, 0.1) is 0 Å². The van der Waals surface area contributed by atoms with Crippen molar-refractivity contribution in [1.82, 2.24) is 59.7 Å². The Morgan fingerprint density at radius 1 is 0.513 bits per heavy atom. The maximum absolute atomic E-state index is 13.9. The maximum atomic E-state index is 13.9. The molecule has 0 N–H and O–H groups in total. The average Bonchev–Trinajstić information content (AvgIpc) is 3.58. The number of carbonyl (C=O) groups excluding carboxylic acids is 3. The van der Waals surface area contributed by atoms with E-state index in [0.29, 0.717) is 34.2 Å². The minimum atomic E-state index is -0.388. The molecule has 0 atom stereocenters. The summed E-state index contributed by atoms with van der Waals surface area (Å²) in [5.41, 5.74) is 2.55. The third-order valence-electron chi connectivity index (χ3n) is 6.69. The molecule has 3 aromatic heterocycles. The van der Waals surface area contributed by atoms with E-state index < -0.39 is 0 Å². The van der Waals surface area contributed by atoms with Crippen molar-refractivity contribution < 1.29 is 14.4 Å². The Labute approximate surface area is 226 Å². The highest BCUT2D eigenvalue weighted by molar-refractivity contribution is 5.98. The topological polar surface area (TPSA) is 153 Å². The summed E-state index contributed by atoms with van der Waals surface area (Å²) >= 11 is 0. The molecule has 3 aromatic rings. The van der Waals surface area contributed by atoms with Gasteiger partial charge in [0.15, 0.2) is 0 Å². The fraction of sp³-hybridized carbons (Fsp3) is 0.625. The van der Waals surface area contributed by atoms with Gasteiger partial charge >= 0.3 is 0 Å². The quantitative estimate of drug-likeness (QED) is 0.446. The van der Waals surface area contributed by atoms with Crippen LogP contribution in [0.1, 0.15) is 108 Å². The van der Waals surface area contributed by atoms with Gasteiger partial charge in [-0.05, 0) is 17.8 Å². The van der Waals surface area contributed by atoms with Gasteiger partial charge < -0.3 is 14.7 Å². The summed E-state index contributed by atoms with van der Waals surface area (Å²) in [4.78, 5) is 46.0. The maximum Gasteiger partial charge on any atom is 0.276 e. The first-order valence-corrected chi connectivity index (χ1v) is 12.9. The zero-order chi connectivity index (χ0) is 28.8. The average molecular weight is 541 g/mol. The second-order valence-electron chi connectivity index (χ2n) is 10.8. The molecule has 15 heteroatoms. The zero-order valence-electron chi connectivity index (χ0n) is 23.9. The predicted molar refractivity (Wildman–Crippen MR) is 138 cm³/mol. The van der Waals surface area contributed by atoms with Crippen molar-refractivity contribution in [1.29, 1.82) is 0 Å². The first-order valence-electron chi connectivity index (χ1n) is 12.9. The molecule has 4 heterocycles. The van der Waals surface area contributed by atoms with Gasteiger partial charge in [-0.25, -0.2) is 14.0 Å². The monoisotopic (exact) mass is 540 g/mol. The molecular formula is C24H36N12O3. The van der Waals surface area contributed by atoms with Crippen molar-refractivity contribution in [3.8, 4) is 0 Å². The van der Waals surface area contributed by atoms with Gasteiger partial charge in [-0.2, -0.15) is 0 Å². The van der Waals surface area contributed by atoms with Gasteiger partial charge in [0.25, 0.3) is 17.7 Å². The number of amides is 3. The smallest absolute Gasteiger partial charge is 0.276 e. The number of nitrogens with zero attached hydrogens (tertiary/aromatic N) is 12. The largest absolute Gasteiger partial charge is 0.301 e. The van der Waals surface area contributed by atoms with E-state index in [2.05, 4.69) is 30.9 Å². The van der Waals surface area contributed by atoms with Gasteiger partial charge in [-0.3, -0.25) is 14.4 Å². The lowest BCUT2D eigenvalue weighted by Crippen LogP contribution is -2.60. The van der Waals surface area contributed by atoms with Crippen molar-refractivity contribution in [3.63, 3.8) is 0 Å². The Hall–Kier alpha value is -4.17. The van der Waals surface area contributed by atoms with E-state index in [4.69, 9.17) is 0 Å². The Balaban J connectivity index is 1.76. The normalized spacial score (nSPS) is 14.3. The summed E-state index contributed by atoms with van der Waals surface area (Å²) in [6, 6.07) is 0. The van der Waals surface area contributed by atoms with Gasteiger partial charge in [0.1, 0.15) is 17.1 Å². The molecule has 4 rings (SSSR count). The third kappa shape index (κ3) is 5.00. The minimum Gasteiger partial charge on any atom is -0.301 e. The molecule has 1 aliphatic heterocycles. The molecule has 0 radical (unpaired) electrons.